The van der Waals surface area contributed by atoms with Crippen molar-refractivity contribution >= 4 is 23.4 Å². The van der Waals surface area contributed by atoms with Crippen molar-refractivity contribution in [2.24, 2.45) is 0 Å². The third-order valence-corrected chi connectivity index (χ3v) is 5.60. The van der Waals surface area contributed by atoms with Crippen LogP contribution < -0.4 is 17.0 Å². The van der Waals surface area contributed by atoms with Crippen LogP contribution in [0, 0.1) is 0 Å². The smallest absolute Gasteiger partial charge is 0.332 e. The number of H-pyrrole nitrogens is 1. The lowest BCUT2D eigenvalue weighted by Crippen LogP contribution is -2.44. The van der Waals surface area contributed by atoms with Crippen molar-refractivity contribution in [3.05, 3.63) is 68.1 Å². The van der Waals surface area contributed by atoms with Crippen molar-refractivity contribution in [2.45, 2.75) is 51.4 Å². The molecule has 2 aromatic heterocycles. The highest BCUT2D eigenvalue weighted by Gasteiger charge is 2.24. The highest BCUT2D eigenvalue weighted by Crippen LogP contribution is 2.22. The molecule has 0 spiro atoms. The van der Waals surface area contributed by atoms with Gasteiger partial charge in [0.05, 0.1) is 12.3 Å². The highest BCUT2D eigenvalue weighted by molar-refractivity contribution is 7.99. The van der Waals surface area contributed by atoms with Crippen molar-refractivity contribution in [3.63, 3.8) is 0 Å². The number of nitrogen functional groups attached to an aromatic ring is 1. The van der Waals surface area contributed by atoms with Gasteiger partial charge in [0.1, 0.15) is 17.2 Å². The molecular formula is C21H26N6O3S. The van der Waals surface area contributed by atoms with E-state index in [2.05, 4.69) is 15.2 Å². The van der Waals surface area contributed by atoms with E-state index in [4.69, 9.17) is 5.73 Å². The summed E-state index contributed by atoms with van der Waals surface area (Å²) in [5.74, 6) is 0.0264. The van der Waals surface area contributed by atoms with E-state index >= 15 is 0 Å². The number of nitrogens with two attached hydrogens (primary N) is 1. The summed E-state index contributed by atoms with van der Waals surface area (Å²) in [5.41, 5.74) is 5.40. The molecule has 0 bridgehead atoms. The van der Waals surface area contributed by atoms with Crippen LogP contribution in [0.3, 0.4) is 0 Å². The lowest BCUT2D eigenvalue weighted by atomic mass is 9.96. The molecule has 3 aromatic rings. The monoisotopic (exact) mass is 442 g/mol. The molecule has 0 aliphatic carbocycles. The summed E-state index contributed by atoms with van der Waals surface area (Å²) in [7, 11) is 0. The predicted octanol–water partition coefficient (Wildman–Crippen LogP) is 2.05. The molecule has 1 aromatic carbocycles. The number of hydrogen-bond donors (Lipinski definition) is 2. The third-order valence-electron chi connectivity index (χ3n) is 4.75. The van der Waals surface area contributed by atoms with Crippen LogP contribution in [0.15, 0.2) is 45.1 Å². The lowest BCUT2D eigenvalue weighted by molar-refractivity contribution is 0.102. The van der Waals surface area contributed by atoms with Crippen LogP contribution in [-0.2, 0) is 18.5 Å². The van der Waals surface area contributed by atoms with Gasteiger partial charge in [-0.25, -0.2) is 9.78 Å². The Bertz CT molecular complexity index is 1200. The van der Waals surface area contributed by atoms with Gasteiger partial charge in [-0.1, -0.05) is 62.9 Å². The Hall–Kier alpha value is -3.14. The van der Waals surface area contributed by atoms with Crippen molar-refractivity contribution in [1.29, 1.82) is 0 Å². The molecule has 0 saturated carbocycles. The number of aromatic nitrogens is 5. The summed E-state index contributed by atoms with van der Waals surface area (Å²) in [5, 5.41) is 7.39. The minimum absolute atomic E-state index is 0.0753. The van der Waals surface area contributed by atoms with Crippen LogP contribution in [-0.4, -0.2) is 35.9 Å². The van der Waals surface area contributed by atoms with E-state index in [0.29, 0.717) is 11.0 Å². The van der Waals surface area contributed by atoms with Gasteiger partial charge in [-0.2, -0.15) is 0 Å². The third kappa shape index (κ3) is 4.79. The zero-order valence-corrected chi connectivity index (χ0v) is 18.8. The minimum Gasteiger partial charge on any atom is -0.384 e. The second-order valence-corrected chi connectivity index (χ2v) is 9.03. The Kier molecular flexibility index (Phi) is 6.49. The SMILES string of the molecule is CCn1c(=O)c(C(=O)CSc2n[nH]c(C(C)(C)C)n2)c(N)n(Cc2ccccc2)c1=O. The number of nitrogens with one attached hydrogen (secondary N) is 1. The molecule has 3 rings (SSSR count). The largest absolute Gasteiger partial charge is 0.384 e. The van der Waals surface area contributed by atoms with Crippen molar-refractivity contribution < 1.29 is 4.79 Å². The molecule has 0 saturated heterocycles. The van der Waals surface area contributed by atoms with Crippen molar-refractivity contribution in [1.82, 2.24) is 24.3 Å². The van der Waals surface area contributed by atoms with Crippen LogP contribution in [0.25, 0.3) is 0 Å². The number of aromatic amines is 1. The van der Waals surface area contributed by atoms with Gasteiger partial charge >= 0.3 is 5.69 Å². The number of carbonyl (C=O) groups excluding carboxylic acids is 1. The molecule has 3 N–H and O–H groups in total. The molecule has 0 atom stereocenters. The summed E-state index contributed by atoms with van der Waals surface area (Å²) in [6, 6.07) is 9.25. The predicted molar refractivity (Wildman–Crippen MR) is 121 cm³/mol. The fraction of sp³-hybridized carbons (Fsp3) is 0.381. The average molecular weight is 443 g/mol. The maximum absolute atomic E-state index is 13.0. The van der Waals surface area contributed by atoms with Crippen molar-refractivity contribution in [3.8, 4) is 0 Å². The van der Waals surface area contributed by atoms with E-state index < -0.39 is 17.0 Å². The van der Waals surface area contributed by atoms with Gasteiger partial charge in [0.2, 0.25) is 5.16 Å². The van der Waals surface area contributed by atoms with E-state index in [1.165, 1.54) is 4.57 Å². The van der Waals surface area contributed by atoms with Crippen LogP contribution in [0.5, 0.6) is 0 Å². The molecule has 9 nitrogen and oxygen atoms in total. The Morgan fingerprint density at radius 3 is 2.42 bits per heavy atom. The van der Waals surface area contributed by atoms with Gasteiger partial charge in [0.25, 0.3) is 5.56 Å². The molecule has 0 amide bonds. The number of thioether (sulfide) groups is 1. The molecule has 0 unspecified atom stereocenters. The summed E-state index contributed by atoms with van der Waals surface area (Å²) >= 11 is 1.11. The van der Waals surface area contributed by atoms with Gasteiger partial charge in [0, 0.05) is 12.0 Å². The molecular weight excluding hydrogens is 416 g/mol. The first-order valence-electron chi connectivity index (χ1n) is 9.89. The zero-order chi connectivity index (χ0) is 22.8. The number of Topliss-reactive ketones (excluding diaryl/α,β-unsaturated/α-hetero) is 1. The van der Waals surface area contributed by atoms with E-state index in [1.807, 2.05) is 51.1 Å². The van der Waals surface area contributed by atoms with E-state index in [0.717, 1.165) is 21.9 Å². The summed E-state index contributed by atoms with van der Waals surface area (Å²) < 4.78 is 2.30. The quantitative estimate of drug-likeness (QED) is 0.423. The fourth-order valence-corrected chi connectivity index (χ4v) is 3.69. The van der Waals surface area contributed by atoms with Crippen LogP contribution in [0.4, 0.5) is 5.82 Å². The molecule has 10 heteroatoms. The van der Waals surface area contributed by atoms with Gasteiger partial charge < -0.3 is 5.73 Å². The van der Waals surface area contributed by atoms with Gasteiger partial charge in [-0.05, 0) is 12.5 Å². The molecule has 164 valence electrons. The van der Waals surface area contributed by atoms with Crippen molar-refractivity contribution in [2.75, 3.05) is 11.5 Å². The van der Waals surface area contributed by atoms with Crippen LogP contribution in [0.2, 0.25) is 0 Å². The maximum Gasteiger partial charge on any atom is 0.332 e. The lowest BCUT2D eigenvalue weighted by Gasteiger charge is -2.15. The first kappa shape index (κ1) is 22.5. The minimum atomic E-state index is -0.676. The van der Waals surface area contributed by atoms with E-state index in [9.17, 15) is 14.4 Å². The molecule has 2 heterocycles. The number of carbonyl (C=O) groups is 1. The number of rotatable bonds is 7. The van der Waals surface area contributed by atoms with Gasteiger partial charge in [-0.3, -0.25) is 23.8 Å². The van der Waals surface area contributed by atoms with Crippen LogP contribution in [0.1, 0.15) is 49.4 Å². The number of nitrogens with zero attached hydrogens (tertiary/aromatic N) is 4. The highest BCUT2D eigenvalue weighted by atomic mass is 32.2. The Balaban J connectivity index is 1.93. The molecule has 0 radical (unpaired) electrons. The number of ketones is 1. The first-order valence-corrected chi connectivity index (χ1v) is 10.9. The van der Waals surface area contributed by atoms with E-state index in [-0.39, 0.29) is 35.6 Å². The number of hydrogen-bond acceptors (Lipinski definition) is 7. The molecule has 0 aliphatic rings. The number of anilines is 1. The fourth-order valence-electron chi connectivity index (χ4n) is 3.02. The molecule has 0 aliphatic heterocycles. The topological polar surface area (TPSA) is 129 Å². The summed E-state index contributed by atoms with van der Waals surface area (Å²) in [6.45, 7) is 7.96. The Labute approximate surface area is 183 Å². The van der Waals surface area contributed by atoms with Crippen LogP contribution >= 0.6 is 11.8 Å². The van der Waals surface area contributed by atoms with E-state index in [1.54, 1.807) is 6.92 Å². The van der Waals surface area contributed by atoms with Gasteiger partial charge in [0.15, 0.2) is 5.78 Å². The molecule has 0 fully saturated rings. The Morgan fingerprint density at radius 2 is 1.84 bits per heavy atom. The second kappa shape index (κ2) is 8.93. The average Bonchev–Trinajstić information content (AvgIpc) is 3.20. The second-order valence-electron chi connectivity index (χ2n) is 8.09. The number of benzene rings is 1. The van der Waals surface area contributed by atoms with Gasteiger partial charge in [-0.15, -0.1) is 5.10 Å². The Morgan fingerprint density at radius 1 is 1.16 bits per heavy atom. The molecule has 31 heavy (non-hydrogen) atoms. The summed E-state index contributed by atoms with van der Waals surface area (Å²) in [6.07, 6.45) is 0. The standard InChI is InChI=1S/C21H26N6O3S/c1-5-26-17(29)15(14(28)12-31-19-23-18(24-25-19)21(2,3)4)16(22)27(20(26)30)11-13-9-7-6-8-10-13/h6-10H,5,11-12,22H2,1-4H3,(H,23,24,25). The normalized spacial score (nSPS) is 11.6. The first-order chi connectivity index (χ1) is 14.6. The zero-order valence-electron chi connectivity index (χ0n) is 18.0. The maximum atomic E-state index is 13.0. The summed E-state index contributed by atoms with van der Waals surface area (Å²) in [4.78, 5) is 43.0.